The zero-order valence-corrected chi connectivity index (χ0v) is 18.9. The van der Waals surface area contributed by atoms with E-state index in [4.69, 9.17) is 4.74 Å². The van der Waals surface area contributed by atoms with Gasteiger partial charge in [0.05, 0.1) is 0 Å². The monoisotopic (exact) mass is 415 g/mol. The molecule has 1 N–H and O–H groups in total. The second-order valence-electron chi connectivity index (χ2n) is 10.1. The van der Waals surface area contributed by atoms with Crippen LogP contribution in [0.1, 0.15) is 66.2 Å². The average Bonchev–Trinajstić information content (AvgIpc) is 3.20. The number of urea groups is 1. The van der Waals surface area contributed by atoms with Gasteiger partial charge in [-0.15, -0.1) is 0 Å². The van der Waals surface area contributed by atoms with Crippen molar-refractivity contribution >= 4 is 17.8 Å². The predicted octanol–water partition coefficient (Wildman–Crippen LogP) is 5.50. The third kappa shape index (κ3) is 6.13. The number of hydrogen-bond acceptors (Lipinski definition) is 3. The van der Waals surface area contributed by atoms with E-state index in [0.717, 1.165) is 37.9 Å². The van der Waals surface area contributed by atoms with E-state index >= 15 is 0 Å². The fourth-order valence-corrected chi connectivity index (χ4v) is 4.42. The number of benzene rings is 1. The van der Waals surface area contributed by atoms with E-state index in [0.29, 0.717) is 19.1 Å². The van der Waals surface area contributed by atoms with Crippen molar-refractivity contribution in [1.29, 1.82) is 0 Å². The van der Waals surface area contributed by atoms with Crippen LogP contribution in [0.5, 0.6) is 0 Å². The van der Waals surface area contributed by atoms with Crippen molar-refractivity contribution in [2.75, 3.05) is 25.0 Å². The molecule has 1 heterocycles. The first-order valence-electron chi connectivity index (χ1n) is 11.3. The SMILES string of the molecule is CC1(CN(C(=O)Nc2ccccc2)C2CCCC2)CCN(C(=O)OC(C)(C)C)CC1. The minimum absolute atomic E-state index is 0.00483. The third-order valence-corrected chi connectivity index (χ3v) is 6.23. The zero-order chi connectivity index (χ0) is 21.8. The van der Waals surface area contributed by atoms with Crippen molar-refractivity contribution in [3.63, 3.8) is 0 Å². The lowest BCUT2D eigenvalue weighted by Gasteiger charge is -2.43. The number of rotatable bonds is 4. The van der Waals surface area contributed by atoms with Crippen molar-refractivity contribution in [3.05, 3.63) is 30.3 Å². The van der Waals surface area contributed by atoms with Crippen LogP contribution in [0.4, 0.5) is 15.3 Å². The van der Waals surface area contributed by atoms with Crippen molar-refractivity contribution in [3.8, 4) is 0 Å². The summed E-state index contributed by atoms with van der Waals surface area (Å²) in [5, 5.41) is 3.08. The molecule has 1 saturated heterocycles. The summed E-state index contributed by atoms with van der Waals surface area (Å²) in [6.45, 7) is 9.99. The molecule has 3 amide bonds. The molecule has 1 aromatic carbocycles. The Morgan fingerprint density at radius 3 is 2.30 bits per heavy atom. The van der Waals surface area contributed by atoms with Crippen LogP contribution in [0.3, 0.4) is 0 Å². The van der Waals surface area contributed by atoms with Gasteiger partial charge in [0.2, 0.25) is 0 Å². The van der Waals surface area contributed by atoms with E-state index in [1.165, 1.54) is 12.8 Å². The second kappa shape index (κ2) is 9.27. The van der Waals surface area contributed by atoms with E-state index in [1.54, 1.807) is 4.90 Å². The molecule has 6 nitrogen and oxygen atoms in total. The number of hydrogen-bond donors (Lipinski definition) is 1. The van der Waals surface area contributed by atoms with Gasteiger partial charge in [0, 0.05) is 31.4 Å². The van der Waals surface area contributed by atoms with Gasteiger partial charge in [-0.05, 0) is 64.0 Å². The second-order valence-corrected chi connectivity index (χ2v) is 10.1. The molecular formula is C24H37N3O3. The lowest BCUT2D eigenvalue weighted by atomic mass is 9.79. The van der Waals surface area contributed by atoms with E-state index in [2.05, 4.69) is 17.1 Å². The van der Waals surface area contributed by atoms with Gasteiger partial charge in [0.25, 0.3) is 0 Å². The Bertz CT molecular complexity index is 715. The Hall–Kier alpha value is -2.24. The molecule has 1 saturated carbocycles. The summed E-state index contributed by atoms with van der Waals surface area (Å²) in [5.41, 5.74) is 0.345. The number of nitrogens with zero attached hydrogens (tertiary/aromatic N) is 2. The first kappa shape index (κ1) is 22.4. The van der Waals surface area contributed by atoms with Crippen LogP contribution in [0.2, 0.25) is 0 Å². The molecule has 0 atom stereocenters. The number of amides is 3. The van der Waals surface area contributed by atoms with E-state index < -0.39 is 5.60 Å². The summed E-state index contributed by atoms with van der Waals surface area (Å²) in [6.07, 6.45) is 6.01. The summed E-state index contributed by atoms with van der Waals surface area (Å²) in [6, 6.07) is 9.95. The van der Waals surface area contributed by atoms with Crippen LogP contribution in [-0.4, -0.2) is 53.2 Å². The standard InChI is InChI=1S/C24H37N3O3/c1-23(2,3)30-22(29)26-16-14-24(4,15-17-26)18-27(20-12-8-9-13-20)21(28)25-19-10-6-5-7-11-19/h5-7,10-11,20H,8-9,12-18H2,1-4H3,(H,25,28). The van der Waals surface area contributed by atoms with Gasteiger partial charge in [0.15, 0.2) is 0 Å². The third-order valence-electron chi connectivity index (χ3n) is 6.23. The molecule has 30 heavy (non-hydrogen) atoms. The normalized spacial score (nSPS) is 19.4. The molecule has 0 spiro atoms. The van der Waals surface area contributed by atoms with Gasteiger partial charge in [-0.25, -0.2) is 9.59 Å². The molecule has 166 valence electrons. The minimum Gasteiger partial charge on any atom is -0.444 e. The Morgan fingerprint density at radius 2 is 1.73 bits per heavy atom. The van der Waals surface area contributed by atoms with E-state index in [9.17, 15) is 9.59 Å². The lowest BCUT2D eigenvalue weighted by molar-refractivity contribution is 0.00776. The van der Waals surface area contributed by atoms with Gasteiger partial charge in [-0.3, -0.25) is 0 Å². The quantitative estimate of drug-likeness (QED) is 0.706. The first-order valence-corrected chi connectivity index (χ1v) is 11.3. The molecule has 1 aromatic rings. The van der Waals surface area contributed by atoms with Crippen molar-refractivity contribution in [2.24, 2.45) is 5.41 Å². The maximum atomic E-state index is 13.2. The summed E-state index contributed by atoms with van der Waals surface area (Å²) < 4.78 is 5.52. The highest BCUT2D eigenvalue weighted by Gasteiger charge is 2.38. The molecule has 0 bridgehead atoms. The first-order chi connectivity index (χ1) is 14.2. The number of likely N-dealkylation sites (tertiary alicyclic amines) is 1. The summed E-state index contributed by atoms with van der Waals surface area (Å²) >= 11 is 0. The van der Waals surface area contributed by atoms with Crippen molar-refractivity contribution in [2.45, 2.75) is 77.9 Å². The molecule has 1 aliphatic heterocycles. The largest absolute Gasteiger partial charge is 0.444 e. The van der Waals surface area contributed by atoms with E-state index in [-0.39, 0.29) is 17.5 Å². The highest BCUT2D eigenvalue weighted by molar-refractivity contribution is 5.89. The highest BCUT2D eigenvalue weighted by Crippen LogP contribution is 2.35. The number of carbonyl (C=O) groups is 2. The van der Waals surface area contributed by atoms with Crippen LogP contribution >= 0.6 is 0 Å². The number of nitrogens with one attached hydrogen (secondary N) is 1. The number of ether oxygens (including phenoxy) is 1. The lowest BCUT2D eigenvalue weighted by Crippen LogP contribution is -2.51. The maximum absolute atomic E-state index is 13.2. The van der Waals surface area contributed by atoms with Crippen molar-refractivity contribution < 1.29 is 14.3 Å². The molecule has 3 rings (SSSR count). The van der Waals surface area contributed by atoms with Crippen LogP contribution in [0, 0.1) is 5.41 Å². The summed E-state index contributed by atoms with van der Waals surface area (Å²) in [7, 11) is 0. The van der Waals surface area contributed by atoms with Crippen LogP contribution in [0.15, 0.2) is 30.3 Å². The number of carbonyl (C=O) groups excluding carboxylic acids is 2. The topological polar surface area (TPSA) is 61.9 Å². The van der Waals surface area contributed by atoms with Crippen molar-refractivity contribution in [1.82, 2.24) is 9.80 Å². The molecule has 0 radical (unpaired) electrons. The van der Waals surface area contributed by atoms with Crippen LogP contribution in [0.25, 0.3) is 0 Å². The fraction of sp³-hybridized carbons (Fsp3) is 0.667. The molecule has 0 aromatic heterocycles. The van der Waals surface area contributed by atoms with Crippen LogP contribution in [-0.2, 0) is 4.74 Å². The van der Waals surface area contributed by atoms with Gasteiger partial charge in [-0.1, -0.05) is 38.0 Å². The number of piperidine rings is 1. The predicted molar refractivity (Wildman–Crippen MR) is 120 cm³/mol. The fourth-order valence-electron chi connectivity index (χ4n) is 4.42. The smallest absolute Gasteiger partial charge is 0.410 e. The molecule has 0 unspecified atom stereocenters. The van der Waals surface area contributed by atoms with Gasteiger partial charge in [0.1, 0.15) is 5.60 Å². The summed E-state index contributed by atoms with van der Waals surface area (Å²) in [4.78, 5) is 29.4. The van der Waals surface area contributed by atoms with Gasteiger partial charge in [-0.2, -0.15) is 0 Å². The van der Waals surface area contributed by atoms with E-state index in [1.807, 2.05) is 51.1 Å². The Kier molecular flexibility index (Phi) is 6.94. The number of anilines is 1. The highest BCUT2D eigenvalue weighted by atomic mass is 16.6. The summed E-state index contributed by atoms with van der Waals surface area (Å²) in [5.74, 6) is 0. The molecule has 2 aliphatic rings. The maximum Gasteiger partial charge on any atom is 0.410 e. The van der Waals surface area contributed by atoms with Crippen LogP contribution < -0.4 is 5.32 Å². The Balaban J connectivity index is 1.63. The average molecular weight is 416 g/mol. The molecule has 6 heteroatoms. The Morgan fingerprint density at radius 1 is 1.13 bits per heavy atom. The van der Waals surface area contributed by atoms with Gasteiger partial charge >= 0.3 is 12.1 Å². The number of para-hydroxylation sites is 1. The Labute approximate surface area is 180 Å². The molecule has 1 aliphatic carbocycles. The molecule has 2 fully saturated rings. The molecular weight excluding hydrogens is 378 g/mol. The van der Waals surface area contributed by atoms with Gasteiger partial charge < -0.3 is 19.9 Å². The zero-order valence-electron chi connectivity index (χ0n) is 18.9. The minimum atomic E-state index is -0.480.